The molecule has 1 aliphatic carbocycles. The average Bonchev–Trinajstić information content (AvgIpc) is 2.97. The predicted octanol–water partition coefficient (Wildman–Crippen LogP) is 2.77. The molecule has 3 heteroatoms. The number of carbonyl (C=O) groups is 1. The highest BCUT2D eigenvalue weighted by Gasteiger charge is 2.36. The second-order valence-corrected chi connectivity index (χ2v) is 7.02. The summed E-state index contributed by atoms with van der Waals surface area (Å²) in [5.74, 6) is 1.14. The number of piperidine rings is 1. The van der Waals surface area contributed by atoms with E-state index in [0.717, 1.165) is 45.2 Å². The second kappa shape index (κ2) is 6.82. The maximum atomic E-state index is 13.1. The molecule has 3 nitrogen and oxygen atoms in total. The van der Waals surface area contributed by atoms with Gasteiger partial charge in [0.1, 0.15) is 0 Å². The van der Waals surface area contributed by atoms with Gasteiger partial charge in [-0.3, -0.25) is 4.79 Å². The molecule has 1 aliphatic heterocycles. The normalized spacial score (nSPS) is 25.3. The van der Waals surface area contributed by atoms with Crippen molar-refractivity contribution in [1.82, 2.24) is 4.90 Å². The van der Waals surface area contributed by atoms with E-state index in [1.165, 1.54) is 17.5 Å². The number of fused-ring (bicyclic) bond motifs is 1. The summed E-state index contributed by atoms with van der Waals surface area (Å²) in [6, 6.07) is 8.91. The van der Waals surface area contributed by atoms with E-state index < -0.39 is 0 Å². The van der Waals surface area contributed by atoms with Crippen LogP contribution in [0.2, 0.25) is 0 Å². The molecule has 0 aromatic heterocycles. The van der Waals surface area contributed by atoms with E-state index >= 15 is 0 Å². The molecule has 1 heterocycles. The molecule has 2 N–H and O–H groups in total. The lowest BCUT2D eigenvalue weighted by Crippen LogP contribution is -2.50. The van der Waals surface area contributed by atoms with Crippen LogP contribution in [0, 0.1) is 11.8 Å². The minimum atomic E-state index is 0.156. The van der Waals surface area contributed by atoms with E-state index in [4.69, 9.17) is 5.73 Å². The Kier molecular flexibility index (Phi) is 4.82. The monoisotopic (exact) mass is 300 g/mol. The maximum Gasteiger partial charge on any atom is 0.226 e. The van der Waals surface area contributed by atoms with E-state index in [9.17, 15) is 4.79 Å². The highest BCUT2D eigenvalue weighted by molar-refractivity contribution is 5.81. The van der Waals surface area contributed by atoms with E-state index in [1.807, 2.05) is 0 Å². The SMILES string of the molecule is C[C@@H]1CCCN(C(=O)C2Cc3ccccc3C2)[C@@H]1CCCN. The second-order valence-electron chi connectivity index (χ2n) is 7.02. The first-order valence-corrected chi connectivity index (χ1v) is 8.78. The Hall–Kier alpha value is -1.35. The molecule has 2 aliphatic rings. The van der Waals surface area contributed by atoms with Gasteiger partial charge >= 0.3 is 0 Å². The molecule has 1 aromatic carbocycles. The van der Waals surface area contributed by atoms with Crippen LogP contribution < -0.4 is 5.73 Å². The van der Waals surface area contributed by atoms with Crippen molar-refractivity contribution in [2.45, 2.75) is 51.5 Å². The molecule has 1 fully saturated rings. The predicted molar refractivity (Wildman–Crippen MR) is 89.5 cm³/mol. The number of nitrogens with zero attached hydrogens (tertiary/aromatic N) is 1. The molecule has 0 saturated carbocycles. The van der Waals surface area contributed by atoms with Crippen LogP contribution in [-0.4, -0.2) is 29.9 Å². The van der Waals surface area contributed by atoms with Gasteiger partial charge < -0.3 is 10.6 Å². The maximum absolute atomic E-state index is 13.1. The number of hydrogen-bond acceptors (Lipinski definition) is 2. The van der Waals surface area contributed by atoms with Gasteiger partial charge in [0, 0.05) is 18.5 Å². The van der Waals surface area contributed by atoms with Crippen LogP contribution in [0.5, 0.6) is 0 Å². The molecule has 1 aromatic rings. The Bertz CT molecular complexity index is 503. The van der Waals surface area contributed by atoms with E-state index in [-0.39, 0.29) is 5.92 Å². The third-order valence-corrected chi connectivity index (χ3v) is 5.50. The number of hydrogen-bond donors (Lipinski definition) is 1. The number of carbonyl (C=O) groups excluding carboxylic acids is 1. The summed E-state index contributed by atoms with van der Waals surface area (Å²) in [5.41, 5.74) is 8.42. The first-order chi connectivity index (χ1) is 10.7. The standard InChI is InChI=1S/C19H28N2O/c1-14-6-5-11-21(18(14)9-4-10-20)19(22)17-12-15-7-2-3-8-16(15)13-17/h2-3,7-8,14,17-18H,4-6,9-13,20H2,1H3/t14-,18-/m1/s1. The summed E-state index contributed by atoms with van der Waals surface area (Å²) in [6.45, 7) is 3.95. The van der Waals surface area contributed by atoms with Gasteiger partial charge in [0.15, 0.2) is 0 Å². The Morgan fingerprint density at radius 1 is 1.27 bits per heavy atom. The molecular formula is C19H28N2O. The molecule has 1 saturated heterocycles. The fraction of sp³-hybridized carbons (Fsp3) is 0.632. The van der Waals surface area contributed by atoms with Crippen LogP contribution in [0.25, 0.3) is 0 Å². The van der Waals surface area contributed by atoms with Crippen LogP contribution in [0.3, 0.4) is 0 Å². The molecule has 120 valence electrons. The van der Waals surface area contributed by atoms with Gasteiger partial charge in [-0.25, -0.2) is 0 Å². The number of amides is 1. The molecule has 1 amide bonds. The third-order valence-electron chi connectivity index (χ3n) is 5.50. The van der Waals surface area contributed by atoms with Crippen LogP contribution in [0.1, 0.15) is 43.7 Å². The van der Waals surface area contributed by atoms with Crippen molar-refractivity contribution in [3.8, 4) is 0 Å². The lowest BCUT2D eigenvalue weighted by atomic mass is 9.86. The lowest BCUT2D eigenvalue weighted by Gasteiger charge is -2.41. The van der Waals surface area contributed by atoms with Crippen LogP contribution in [0.15, 0.2) is 24.3 Å². The van der Waals surface area contributed by atoms with Gasteiger partial charge in [-0.05, 0) is 62.1 Å². The fourth-order valence-corrected chi connectivity index (χ4v) is 4.26. The number of likely N-dealkylation sites (tertiary alicyclic amines) is 1. The van der Waals surface area contributed by atoms with Crippen molar-refractivity contribution < 1.29 is 4.79 Å². The van der Waals surface area contributed by atoms with Crippen molar-refractivity contribution in [2.24, 2.45) is 17.6 Å². The van der Waals surface area contributed by atoms with Crippen molar-refractivity contribution in [2.75, 3.05) is 13.1 Å². The van der Waals surface area contributed by atoms with Crippen LogP contribution >= 0.6 is 0 Å². The van der Waals surface area contributed by atoms with Crippen molar-refractivity contribution >= 4 is 5.91 Å². The van der Waals surface area contributed by atoms with Gasteiger partial charge in [0.05, 0.1) is 0 Å². The number of benzene rings is 1. The largest absolute Gasteiger partial charge is 0.339 e. The summed E-state index contributed by atoms with van der Waals surface area (Å²) in [7, 11) is 0. The zero-order valence-corrected chi connectivity index (χ0v) is 13.6. The molecule has 2 atom stereocenters. The van der Waals surface area contributed by atoms with Crippen molar-refractivity contribution in [1.29, 1.82) is 0 Å². The Morgan fingerprint density at radius 3 is 2.59 bits per heavy atom. The van der Waals surface area contributed by atoms with Gasteiger partial charge in [-0.15, -0.1) is 0 Å². The van der Waals surface area contributed by atoms with E-state index in [0.29, 0.717) is 17.9 Å². The smallest absolute Gasteiger partial charge is 0.226 e. The van der Waals surface area contributed by atoms with Crippen LogP contribution in [0.4, 0.5) is 0 Å². The Balaban J connectivity index is 1.70. The summed E-state index contributed by atoms with van der Waals surface area (Å²) in [5, 5.41) is 0. The molecular weight excluding hydrogens is 272 g/mol. The zero-order valence-electron chi connectivity index (χ0n) is 13.6. The summed E-state index contributed by atoms with van der Waals surface area (Å²) in [6.07, 6.45) is 6.30. The lowest BCUT2D eigenvalue weighted by molar-refractivity contribution is -0.140. The quantitative estimate of drug-likeness (QED) is 0.929. The third kappa shape index (κ3) is 3.05. The summed E-state index contributed by atoms with van der Waals surface area (Å²) >= 11 is 0. The number of nitrogens with two attached hydrogens (primary N) is 1. The van der Waals surface area contributed by atoms with Gasteiger partial charge in [0.2, 0.25) is 5.91 Å². The van der Waals surface area contributed by atoms with Crippen molar-refractivity contribution in [3.63, 3.8) is 0 Å². The van der Waals surface area contributed by atoms with Gasteiger partial charge in [-0.1, -0.05) is 31.2 Å². The minimum absolute atomic E-state index is 0.156. The van der Waals surface area contributed by atoms with E-state index in [2.05, 4.69) is 36.1 Å². The van der Waals surface area contributed by atoms with Gasteiger partial charge in [-0.2, -0.15) is 0 Å². The Morgan fingerprint density at radius 2 is 1.95 bits per heavy atom. The highest BCUT2D eigenvalue weighted by atomic mass is 16.2. The van der Waals surface area contributed by atoms with Crippen LogP contribution in [-0.2, 0) is 17.6 Å². The molecule has 3 rings (SSSR count). The average molecular weight is 300 g/mol. The summed E-state index contributed by atoms with van der Waals surface area (Å²) in [4.78, 5) is 15.3. The van der Waals surface area contributed by atoms with Crippen molar-refractivity contribution in [3.05, 3.63) is 35.4 Å². The van der Waals surface area contributed by atoms with E-state index in [1.54, 1.807) is 0 Å². The molecule has 22 heavy (non-hydrogen) atoms. The molecule has 0 bridgehead atoms. The zero-order chi connectivity index (χ0) is 15.5. The molecule has 0 radical (unpaired) electrons. The number of rotatable bonds is 4. The molecule has 0 spiro atoms. The summed E-state index contributed by atoms with van der Waals surface area (Å²) < 4.78 is 0. The first-order valence-electron chi connectivity index (χ1n) is 8.78. The molecule has 0 unspecified atom stereocenters. The highest BCUT2D eigenvalue weighted by Crippen LogP contribution is 2.32. The fourth-order valence-electron chi connectivity index (χ4n) is 4.26. The minimum Gasteiger partial charge on any atom is -0.339 e. The first kappa shape index (κ1) is 15.5. The Labute approximate surface area is 133 Å². The van der Waals surface area contributed by atoms with Gasteiger partial charge in [0.25, 0.3) is 0 Å². The topological polar surface area (TPSA) is 46.3 Å².